The number of methoxy groups -OCH3 is 1. The van der Waals surface area contributed by atoms with Gasteiger partial charge in [0, 0.05) is 34.1 Å². The second-order valence-electron chi connectivity index (χ2n) is 11.6. The van der Waals surface area contributed by atoms with Crippen LogP contribution in [0.2, 0.25) is 15.1 Å². The van der Waals surface area contributed by atoms with Gasteiger partial charge in [-0.05, 0) is 78.6 Å². The molecule has 1 aliphatic rings. The topological polar surface area (TPSA) is 96.0 Å². The maximum absolute atomic E-state index is 14.7. The Labute approximate surface area is 296 Å². The van der Waals surface area contributed by atoms with E-state index in [0.29, 0.717) is 21.4 Å². The molecular weight excluding hydrogens is 693 g/mol. The highest BCUT2D eigenvalue weighted by Crippen LogP contribution is 2.29. The molecule has 1 N–H and O–H groups in total. The molecule has 4 aromatic rings. The Morgan fingerprint density at radius 3 is 2.21 bits per heavy atom. The molecule has 0 bridgehead atoms. The van der Waals surface area contributed by atoms with E-state index in [9.17, 15) is 18.0 Å². The number of nitrogens with one attached hydrogen (secondary N) is 1. The van der Waals surface area contributed by atoms with Gasteiger partial charge in [0.05, 0.1) is 17.7 Å². The van der Waals surface area contributed by atoms with Crippen LogP contribution in [0, 0.1) is 0 Å². The molecule has 0 aromatic heterocycles. The zero-order chi connectivity index (χ0) is 34.3. The zero-order valence-electron chi connectivity index (χ0n) is 26.3. The lowest BCUT2D eigenvalue weighted by molar-refractivity contribution is -0.140. The van der Waals surface area contributed by atoms with Crippen LogP contribution in [0.4, 0.5) is 5.69 Å². The maximum atomic E-state index is 14.7. The van der Waals surface area contributed by atoms with Crippen molar-refractivity contribution in [3.63, 3.8) is 0 Å². The number of halogens is 3. The Balaban J connectivity index is 1.58. The van der Waals surface area contributed by atoms with Crippen molar-refractivity contribution in [1.29, 1.82) is 0 Å². The largest absolute Gasteiger partial charge is 0.497 e. The molecule has 12 heteroatoms. The van der Waals surface area contributed by atoms with Crippen molar-refractivity contribution in [2.24, 2.45) is 0 Å². The second kappa shape index (κ2) is 16.1. The van der Waals surface area contributed by atoms with E-state index in [1.165, 1.54) is 42.3 Å². The molecule has 5 rings (SSSR count). The van der Waals surface area contributed by atoms with Crippen LogP contribution >= 0.6 is 34.8 Å². The number of benzene rings is 4. The fourth-order valence-electron chi connectivity index (χ4n) is 5.79. The monoisotopic (exact) mass is 727 g/mol. The number of hydrogen-bond acceptors (Lipinski definition) is 5. The van der Waals surface area contributed by atoms with Crippen LogP contribution in [0.5, 0.6) is 5.75 Å². The molecule has 0 heterocycles. The number of amides is 2. The van der Waals surface area contributed by atoms with E-state index in [-0.39, 0.29) is 40.5 Å². The molecule has 2 amide bonds. The highest BCUT2D eigenvalue weighted by atomic mass is 35.5. The molecule has 0 aliphatic heterocycles. The third-order valence-corrected chi connectivity index (χ3v) is 11.0. The number of sulfonamides is 1. The molecule has 1 fully saturated rings. The van der Waals surface area contributed by atoms with Crippen LogP contribution in [-0.4, -0.2) is 50.9 Å². The molecular formula is C36H36Cl3N3O5S. The van der Waals surface area contributed by atoms with Crippen molar-refractivity contribution in [3.05, 3.63) is 123 Å². The van der Waals surface area contributed by atoms with Crippen molar-refractivity contribution < 1.29 is 22.7 Å². The first-order valence-corrected chi connectivity index (χ1v) is 18.1. The van der Waals surface area contributed by atoms with Crippen LogP contribution in [0.3, 0.4) is 0 Å². The zero-order valence-corrected chi connectivity index (χ0v) is 29.4. The van der Waals surface area contributed by atoms with E-state index >= 15 is 0 Å². The van der Waals surface area contributed by atoms with Crippen molar-refractivity contribution in [3.8, 4) is 5.75 Å². The summed E-state index contributed by atoms with van der Waals surface area (Å²) in [5.74, 6) is -0.459. The van der Waals surface area contributed by atoms with Gasteiger partial charge < -0.3 is 15.0 Å². The first-order valence-electron chi connectivity index (χ1n) is 15.5. The Morgan fingerprint density at radius 2 is 1.56 bits per heavy atom. The Bertz CT molecular complexity index is 1840. The van der Waals surface area contributed by atoms with Crippen LogP contribution < -0.4 is 14.4 Å². The molecule has 0 saturated heterocycles. The van der Waals surface area contributed by atoms with Crippen LogP contribution in [0.25, 0.3) is 0 Å². The lowest BCUT2D eigenvalue weighted by atomic mass is 10.0. The molecule has 252 valence electrons. The molecule has 1 atom stereocenters. The average Bonchev–Trinajstić information content (AvgIpc) is 3.59. The summed E-state index contributed by atoms with van der Waals surface area (Å²) in [5.41, 5.74) is 1.57. The number of carbonyl (C=O) groups is 2. The summed E-state index contributed by atoms with van der Waals surface area (Å²) < 4.78 is 34.7. The standard InChI is InChI=1S/C36H36Cl3N3O5S/c1-47-31-16-18-32(19-17-31)48(45,46)42(30-13-7-10-27(37)21-30)24-35(43)41(23-26-14-15-28(38)22-33(26)39)34(20-25-8-3-2-4-9-25)36(44)40-29-11-5-6-12-29/h2-4,7-10,13-19,21-22,29,34H,5-6,11-12,20,23-24H2,1H3,(H,40,44)/t34-/m1/s1. The third kappa shape index (κ3) is 8.82. The highest BCUT2D eigenvalue weighted by molar-refractivity contribution is 7.92. The minimum absolute atomic E-state index is 0.00902. The van der Waals surface area contributed by atoms with Gasteiger partial charge in [0.25, 0.3) is 10.0 Å². The Morgan fingerprint density at radius 1 is 0.875 bits per heavy atom. The quantitative estimate of drug-likeness (QED) is 0.154. The van der Waals surface area contributed by atoms with Crippen LogP contribution in [-0.2, 0) is 32.6 Å². The number of hydrogen-bond donors (Lipinski definition) is 1. The predicted octanol–water partition coefficient (Wildman–Crippen LogP) is 7.55. The minimum atomic E-state index is -4.31. The van der Waals surface area contributed by atoms with Gasteiger partial charge in [-0.3, -0.25) is 13.9 Å². The molecule has 4 aromatic carbocycles. The summed E-state index contributed by atoms with van der Waals surface area (Å²) in [6, 6.07) is 25.5. The van der Waals surface area contributed by atoms with Gasteiger partial charge in [0.15, 0.2) is 0 Å². The van der Waals surface area contributed by atoms with Crippen molar-refractivity contribution in [2.75, 3.05) is 18.0 Å². The molecule has 0 unspecified atom stereocenters. The van der Waals surface area contributed by atoms with Crippen LogP contribution in [0.1, 0.15) is 36.8 Å². The van der Waals surface area contributed by atoms with E-state index in [0.717, 1.165) is 35.6 Å². The number of nitrogens with zero attached hydrogens (tertiary/aromatic N) is 2. The number of ether oxygens (including phenoxy) is 1. The Hall–Kier alpha value is -3.76. The summed E-state index contributed by atoms with van der Waals surface area (Å²) in [5, 5.41) is 4.17. The summed E-state index contributed by atoms with van der Waals surface area (Å²) in [7, 11) is -2.82. The molecule has 1 aliphatic carbocycles. The normalized spacial score (nSPS) is 13.9. The average molecular weight is 729 g/mol. The first-order chi connectivity index (χ1) is 23.0. The SMILES string of the molecule is COc1ccc(S(=O)(=O)N(CC(=O)N(Cc2ccc(Cl)cc2Cl)[C@H](Cc2ccccc2)C(=O)NC2CCCC2)c2cccc(Cl)c2)cc1. The first kappa shape index (κ1) is 35.5. The summed E-state index contributed by atoms with van der Waals surface area (Å²) in [6.45, 7) is -0.696. The predicted molar refractivity (Wildman–Crippen MR) is 190 cm³/mol. The van der Waals surface area contributed by atoms with E-state index < -0.39 is 28.5 Å². The molecule has 8 nitrogen and oxygen atoms in total. The summed E-state index contributed by atoms with van der Waals surface area (Å²) in [4.78, 5) is 30.2. The van der Waals surface area contributed by atoms with Crippen LogP contribution in [0.15, 0.2) is 102 Å². The number of anilines is 1. The van der Waals surface area contributed by atoms with Gasteiger partial charge in [0.2, 0.25) is 11.8 Å². The van der Waals surface area contributed by atoms with Gasteiger partial charge in [-0.1, -0.05) is 90.1 Å². The van der Waals surface area contributed by atoms with Gasteiger partial charge in [-0.25, -0.2) is 8.42 Å². The Kier molecular flexibility index (Phi) is 11.9. The van der Waals surface area contributed by atoms with E-state index in [4.69, 9.17) is 39.5 Å². The third-order valence-electron chi connectivity index (χ3n) is 8.35. The molecule has 0 spiro atoms. The molecule has 0 radical (unpaired) electrons. The summed E-state index contributed by atoms with van der Waals surface area (Å²) in [6.07, 6.45) is 3.91. The lowest BCUT2D eigenvalue weighted by Crippen LogP contribution is -2.54. The van der Waals surface area contributed by atoms with Gasteiger partial charge >= 0.3 is 0 Å². The molecule has 48 heavy (non-hydrogen) atoms. The van der Waals surface area contributed by atoms with Gasteiger partial charge in [-0.15, -0.1) is 0 Å². The van der Waals surface area contributed by atoms with Crippen molar-refractivity contribution >= 4 is 62.3 Å². The minimum Gasteiger partial charge on any atom is -0.497 e. The molecule has 1 saturated carbocycles. The van der Waals surface area contributed by atoms with E-state index in [1.54, 1.807) is 36.4 Å². The number of rotatable bonds is 13. The fourth-order valence-corrected chi connectivity index (χ4v) is 7.85. The lowest BCUT2D eigenvalue weighted by Gasteiger charge is -2.34. The second-order valence-corrected chi connectivity index (χ2v) is 14.8. The number of carbonyl (C=O) groups excluding carboxylic acids is 2. The van der Waals surface area contributed by atoms with Crippen molar-refractivity contribution in [2.45, 2.75) is 55.6 Å². The van der Waals surface area contributed by atoms with Crippen molar-refractivity contribution in [1.82, 2.24) is 10.2 Å². The van der Waals surface area contributed by atoms with Gasteiger partial charge in [-0.2, -0.15) is 0 Å². The van der Waals surface area contributed by atoms with E-state index in [1.807, 2.05) is 30.3 Å². The maximum Gasteiger partial charge on any atom is 0.264 e. The smallest absolute Gasteiger partial charge is 0.264 e. The summed E-state index contributed by atoms with van der Waals surface area (Å²) >= 11 is 19.1. The fraction of sp³-hybridized carbons (Fsp3) is 0.278. The van der Waals surface area contributed by atoms with E-state index in [2.05, 4.69) is 5.32 Å². The highest BCUT2D eigenvalue weighted by Gasteiger charge is 2.36. The van der Waals surface area contributed by atoms with Gasteiger partial charge in [0.1, 0.15) is 18.3 Å².